The molecule has 0 unspecified atom stereocenters. The number of aliphatic hydroxyl groups excluding tert-OH is 1. The molecule has 0 radical (unpaired) electrons. The van der Waals surface area contributed by atoms with E-state index in [9.17, 15) is 0 Å². The van der Waals surface area contributed by atoms with Crippen LogP contribution < -0.4 is 5.73 Å². The lowest BCUT2D eigenvalue weighted by Crippen LogP contribution is -2.39. The number of hydrogen-bond donors (Lipinski definition) is 2. The molecule has 96 valence electrons. The molecule has 0 aliphatic rings. The maximum Gasteiger partial charge on any atom is 0.0803 e. The lowest BCUT2D eigenvalue weighted by atomic mass is 9.97. The Bertz CT molecular complexity index is 309. The summed E-state index contributed by atoms with van der Waals surface area (Å²) in [6.07, 6.45) is 1.85. The van der Waals surface area contributed by atoms with Gasteiger partial charge in [0, 0.05) is 6.54 Å². The third-order valence-electron chi connectivity index (χ3n) is 3.41. The molecular weight excluding hydrogens is 214 g/mol. The van der Waals surface area contributed by atoms with Crippen LogP contribution in [0.4, 0.5) is 0 Å². The Labute approximate surface area is 104 Å². The van der Waals surface area contributed by atoms with Gasteiger partial charge < -0.3 is 15.6 Å². The Kier molecular flexibility index (Phi) is 5.62. The number of ether oxygens (including phenoxy) is 1. The molecule has 3 N–H and O–H groups in total. The minimum atomic E-state index is -0.199. The van der Waals surface area contributed by atoms with Crippen molar-refractivity contribution in [2.75, 3.05) is 6.54 Å². The smallest absolute Gasteiger partial charge is 0.0803 e. The summed E-state index contributed by atoms with van der Waals surface area (Å²) in [7, 11) is 0. The molecule has 1 aromatic rings. The van der Waals surface area contributed by atoms with Crippen LogP contribution in [0.25, 0.3) is 0 Å². The maximum atomic E-state index is 8.95. The van der Waals surface area contributed by atoms with Crippen molar-refractivity contribution in [1.29, 1.82) is 0 Å². The summed E-state index contributed by atoms with van der Waals surface area (Å²) >= 11 is 0. The van der Waals surface area contributed by atoms with Crippen LogP contribution in [0.2, 0.25) is 0 Å². The number of aliphatic hydroxyl groups is 1. The predicted molar refractivity (Wildman–Crippen MR) is 69.5 cm³/mol. The summed E-state index contributed by atoms with van der Waals surface area (Å²) in [5.74, 6) is 0. The Morgan fingerprint density at radius 3 is 2.06 bits per heavy atom. The summed E-state index contributed by atoms with van der Waals surface area (Å²) in [6.45, 7) is 5.41. The highest BCUT2D eigenvalue weighted by Gasteiger charge is 2.24. The lowest BCUT2D eigenvalue weighted by Gasteiger charge is -2.30. The second-order valence-electron chi connectivity index (χ2n) is 4.36. The van der Waals surface area contributed by atoms with Crippen LogP contribution in [0.5, 0.6) is 0 Å². The van der Waals surface area contributed by atoms with Gasteiger partial charge in [0.25, 0.3) is 0 Å². The zero-order valence-electron chi connectivity index (χ0n) is 10.8. The second kappa shape index (κ2) is 6.74. The van der Waals surface area contributed by atoms with Gasteiger partial charge in [-0.05, 0) is 24.0 Å². The number of rotatable bonds is 7. The molecule has 1 rings (SSSR count). The van der Waals surface area contributed by atoms with Crippen LogP contribution in [-0.4, -0.2) is 17.3 Å². The highest BCUT2D eigenvalue weighted by molar-refractivity contribution is 5.21. The van der Waals surface area contributed by atoms with E-state index in [2.05, 4.69) is 13.8 Å². The maximum absolute atomic E-state index is 8.95. The van der Waals surface area contributed by atoms with Gasteiger partial charge in [-0.25, -0.2) is 0 Å². The molecule has 0 saturated carbocycles. The summed E-state index contributed by atoms with van der Waals surface area (Å²) in [5.41, 5.74) is 7.62. The molecule has 0 aromatic heterocycles. The summed E-state index contributed by atoms with van der Waals surface area (Å²) in [4.78, 5) is 0. The SMILES string of the molecule is CCC(CC)(CN)OCc1ccc(CO)cc1. The fraction of sp³-hybridized carbons (Fsp3) is 0.571. The van der Waals surface area contributed by atoms with Gasteiger partial charge >= 0.3 is 0 Å². The van der Waals surface area contributed by atoms with E-state index in [0.717, 1.165) is 24.0 Å². The van der Waals surface area contributed by atoms with Crippen LogP contribution in [-0.2, 0) is 18.0 Å². The molecule has 3 nitrogen and oxygen atoms in total. The third-order valence-corrected chi connectivity index (χ3v) is 3.41. The third kappa shape index (κ3) is 3.80. The minimum Gasteiger partial charge on any atom is -0.392 e. The van der Waals surface area contributed by atoms with E-state index in [1.807, 2.05) is 24.3 Å². The van der Waals surface area contributed by atoms with E-state index in [4.69, 9.17) is 15.6 Å². The van der Waals surface area contributed by atoms with Gasteiger partial charge in [0.2, 0.25) is 0 Å². The molecule has 0 aliphatic carbocycles. The Morgan fingerprint density at radius 2 is 1.65 bits per heavy atom. The van der Waals surface area contributed by atoms with Crippen molar-refractivity contribution in [3.8, 4) is 0 Å². The van der Waals surface area contributed by atoms with Crippen molar-refractivity contribution in [3.63, 3.8) is 0 Å². The summed E-state index contributed by atoms with van der Waals surface area (Å²) in [6, 6.07) is 7.80. The summed E-state index contributed by atoms with van der Waals surface area (Å²) < 4.78 is 5.95. The van der Waals surface area contributed by atoms with Crippen LogP contribution in [0, 0.1) is 0 Å². The lowest BCUT2D eigenvalue weighted by molar-refractivity contribution is -0.0553. The second-order valence-corrected chi connectivity index (χ2v) is 4.36. The zero-order valence-corrected chi connectivity index (χ0v) is 10.8. The van der Waals surface area contributed by atoms with Crippen molar-refractivity contribution in [1.82, 2.24) is 0 Å². The number of hydrogen-bond acceptors (Lipinski definition) is 3. The fourth-order valence-corrected chi connectivity index (χ4v) is 1.78. The Morgan fingerprint density at radius 1 is 1.12 bits per heavy atom. The van der Waals surface area contributed by atoms with Crippen molar-refractivity contribution in [3.05, 3.63) is 35.4 Å². The molecule has 0 amide bonds. The van der Waals surface area contributed by atoms with E-state index in [-0.39, 0.29) is 12.2 Å². The van der Waals surface area contributed by atoms with E-state index in [0.29, 0.717) is 13.2 Å². The minimum absolute atomic E-state index is 0.0811. The van der Waals surface area contributed by atoms with E-state index < -0.39 is 0 Å². The van der Waals surface area contributed by atoms with Gasteiger partial charge in [0.15, 0.2) is 0 Å². The molecule has 0 saturated heterocycles. The first-order valence-electron chi connectivity index (χ1n) is 6.22. The molecule has 0 aliphatic heterocycles. The van der Waals surface area contributed by atoms with Crippen molar-refractivity contribution < 1.29 is 9.84 Å². The summed E-state index contributed by atoms with van der Waals surface area (Å²) in [5, 5.41) is 8.95. The molecule has 0 heterocycles. The first-order chi connectivity index (χ1) is 8.19. The normalized spacial score (nSPS) is 11.8. The van der Waals surface area contributed by atoms with E-state index in [1.165, 1.54) is 0 Å². The molecule has 1 aromatic carbocycles. The van der Waals surface area contributed by atoms with Gasteiger partial charge in [-0.15, -0.1) is 0 Å². The van der Waals surface area contributed by atoms with Crippen LogP contribution in [0.3, 0.4) is 0 Å². The quantitative estimate of drug-likeness (QED) is 0.764. The van der Waals surface area contributed by atoms with E-state index in [1.54, 1.807) is 0 Å². The highest BCUT2D eigenvalue weighted by atomic mass is 16.5. The Hall–Kier alpha value is -0.900. The Balaban J connectivity index is 2.59. The van der Waals surface area contributed by atoms with Crippen molar-refractivity contribution >= 4 is 0 Å². The average Bonchev–Trinajstić information content (AvgIpc) is 2.41. The fourth-order valence-electron chi connectivity index (χ4n) is 1.78. The standard InChI is InChI=1S/C14H23NO2/c1-3-14(4-2,11-15)17-10-13-7-5-12(9-16)6-8-13/h5-8,16H,3-4,9-11,15H2,1-2H3. The van der Waals surface area contributed by atoms with Crippen LogP contribution in [0.15, 0.2) is 24.3 Å². The molecule has 0 atom stereocenters. The first-order valence-corrected chi connectivity index (χ1v) is 6.22. The van der Waals surface area contributed by atoms with Crippen LogP contribution >= 0.6 is 0 Å². The molecule has 3 heteroatoms. The van der Waals surface area contributed by atoms with Gasteiger partial charge in [-0.1, -0.05) is 38.1 Å². The zero-order chi connectivity index (χ0) is 12.7. The average molecular weight is 237 g/mol. The molecule has 0 spiro atoms. The number of nitrogens with two attached hydrogens (primary N) is 1. The van der Waals surface area contributed by atoms with Crippen molar-refractivity contribution in [2.45, 2.75) is 45.5 Å². The molecular formula is C14H23NO2. The monoisotopic (exact) mass is 237 g/mol. The van der Waals surface area contributed by atoms with Crippen molar-refractivity contribution in [2.24, 2.45) is 5.73 Å². The van der Waals surface area contributed by atoms with Gasteiger partial charge in [-0.2, -0.15) is 0 Å². The van der Waals surface area contributed by atoms with Gasteiger partial charge in [-0.3, -0.25) is 0 Å². The highest BCUT2D eigenvalue weighted by Crippen LogP contribution is 2.21. The molecule has 0 fully saturated rings. The van der Waals surface area contributed by atoms with E-state index >= 15 is 0 Å². The largest absolute Gasteiger partial charge is 0.392 e. The van der Waals surface area contributed by atoms with Gasteiger partial charge in [0.1, 0.15) is 0 Å². The predicted octanol–water partition coefficient (Wildman–Crippen LogP) is 2.21. The molecule has 0 bridgehead atoms. The molecule has 17 heavy (non-hydrogen) atoms. The number of benzene rings is 1. The van der Waals surface area contributed by atoms with Gasteiger partial charge in [0.05, 0.1) is 18.8 Å². The topological polar surface area (TPSA) is 55.5 Å². The first kappa shape index (κ1) is 14.2. The van der Waals surface area contributed by atoms with Crippen LogP contribution in [0.1, 0.15) is 37.8 Å².